The number of piperidine rings is 1. The highest BCUT2D eigenvalue weighted by Gasteiger charge is 2.19. The molecule has 7 nitrogen and oxygen atoms in total. The van der Waals surface area contributed by atoms with E-state index < -0.39 is 0 Å². The molecule has 1 aromatic carbocycles. The van der Waals surface area contributed by atoms with E-state index in [0.29, 0.717) is 25.0 Å². The highest BCUT2D eigenvalue weighted by atomic mass is 127. The van der Waals surface area contributed by atoms with Gasteiger partial charge in [-0.25, -0.2) is 4.99 Å². The van der Waals surface area contributed by atoms with Crippen LogP contribution in [0.2, 0.25) is 0 Å². The van der Waals surface area contributed by atoms with Crippen LogP contribution >= 0.6 is 24.0 Å². The lowest BCUT2D eigenvalue weighted by Gasteiger charge is -2.32. The van der Waals surface area contributed by atoms with Crippen LogP contribution < -0.4 is 15.4 Å². The molecule has 8 heteroatoms. The summed E-state index contributed by atoms with van der Waals surface area (Å²) in [5.74, 6) is 3.00. The van der Waals surface area contributed by atoms with E-state index in [2.05, 4.69) is 47.6 Å². The molecule has 188 valence electrons. The molecule has 2 aliphatic rings. The SMILES string of the molecule is CCNC(=NCc1ccc(C)cc1OCC1CCOC1)NCC1CCN(CCOC)CC1.I. The highest BCUT2D eigenvalue weighted by Crippen LogP contribution is 2.23. The van der Waals surface area contributed by atoms with Gasteiger partial charge in [-0.1, -0.05) is 12.1 Å². The van der Waals surface area contributed by atoms with Gasteiger partial charge in [0.2, 0.25) is 0 Å². The summed E-state index contributed by atoms with van der Waals surface area (Å²) in [5, 5.41) is 6.96. The van der Waals surface area contributed by atoms with E-state index in [9.17, 15) is 0 Å². The maximum atomic E-state index is 6.18. The van der Waals surface area contributed by atoms with E-state index in [-0.39, 0.29) is 24.0 Å². The molecule has 2 saturated heterocycles. The van der Waals surface area contributed by atoms with Gasteiger partial charge in [0.1, 0.15) is 5.75 Å². The smallest absolute Gasteiger partial charge is 0.191 e. The normalized spacial score (nSPS) is 19.8. The van der Waals surface area contributed by atoms with Crippen molar-refractivity contribution >= 4 is 29.9 Å². The van der Waals surface area contributed by atoms with Crippen molar-refractivity contribution in [3.8, 4) is 5.75 Å². The molecular weight excluding hydrogens is 531 g/mol. The van der Waals surface area contributed by atoms with Crippen LogP contribution in [0.15, 0.2) is 23.2 Å². The first-order valence-electron chi connectivity index (χ1n) is 12.2. The molecule has 0 bridgehead atoms. The van der Waals surface area contributed by atoms with Crippen molar-refractivity contribution in [2.24, 2.45) is 16.8 Å². The number of rotatable bonds is 11. The number of nitrogens with one attached hydrogen (secondary N) is 2. The zero-order valence-electron chi connectivity index (χ0n) is 20.6. The zero-order chi connectivity index (χ0) is 22.6. The van der Waals surface area contributed by atoms with E-state index in [1.165, 1.54) is 18.4 Å². The summed E-state index contributed by atoms with van der Waals surface area (Å²) in [5.41, 5.74) is 2.33. The molecule has 2 heterocycles. The lowest BCUT2D eigenvalue weighted by molar-refractivity contribution is 0.121. The number of aliphatic imine (C=N–C) groups is 1. The molecular formula is C25H43IN4O3. The standard InChI is InChI=1S/C25H42N4O3.HI/c1-4-26-25(27-16-21-7-10-29(11-8-21)12-14-30-3)28-17-23-6-5-20(2)15-24(23)32-19-22-9-13-31-18-22;/h5-6,15,21-22H,4,7-14,16-19H2,1-3H3,(H2,26,27,28);1H. The van der Waals surface area contributed by atoms with Crippen molar-refractivity contribution in [1.29, 1.82) is 0 Å². The van der Waals surface area contributed by atoms with Crippen molar-refractivity contribution in [3.05, 3.63) is 29.3 Å². The summed E-state index contributed by atoms with van der Waals surface area (Å²) in [6.45, 7) is 13.1. The molecule has 0 saturated carbocycles. The molecule has 3 rings (SSSR count). The first kappa shape index (κ1) is 28.1. The number of likely N-dealkylation sites (tertiary alicyclic amines) is 1. The second-order valence-electron chi connectivity index (χ2n) is 9.01. The Hall–Kier alpha value is -1.10. The van der Waals surface area contributed by atoms with Gasteiger partial charge in [-0.2, -0.15) is 0 Å². The minimum Gasteiger partial charge on any atom is -0.493 e. The Morgan fingerprint density at radius 2 is 2.00 bits per heavy atom. The van der Waals surface area contributed by atoms with Crippen LogP contribution in [-0.4, -0.2) is 77.1 Å². The molecule has 1 unspecified atom stereocenters. The van der Waals surface area contributed by atoms with Crippen LogP contribution in [0.5, 0.6) is 5.75 Å². The number of aryl methyl sites for hydroxylation is 1. The van der Waals surface area contributed by atoms with Crippen LogP contribution in [0.4, 0.5) is 0 Å². The Labute approximate surface area is 217 Å². The van der Waals surface area contributed by atoms with Gasteiger partial charge >= 0.3 is 0 Å². The maximum Gasteiger partial charge on any atom is 0.191 e. The summed E-state index contributed by atoms with van der Waals surface area (Å²) < 4.78 is 16.9. The molecule has 0 amide bonds. The molecule has 1 atom stereocenters. The van der Waals surface area contributed by atoms with E-state index >= 15 is 0 Å². The number of halogens is 1. The fourth-order valence-electron chi connectivity index (χ4n) is 4.23. The van der Waals surface area contributed by atoms with Crippen molar-refractivity contribution < 1.29 is 14.2 Å². The monoisotopic (exact) mass is 574 g/mol. The van der Waals surface area contributed by atoms with Crippen molar-refractivity contribution in [1.82, 2.24) is 15.5 Å². The van der Waals surface area contributed by atoms with Crippen LogP contribution in [0.1, 0.15) is 37.3 Å². The lowest BCUT2D eigenvalue weighted by Crippen LogP contribution is -2.43. The first-order chi connectivity index (χ1) is 15.7. The van der Waals surface area contributed by atoms with E-state index in [1.807, 2.05) is 0 Å². The Morgan fingerprint density at radius 1 is 1.18 bits per heavy atom. The molecule has 33 heavy (non-hydrogen) atoms. The molecule has 2 aliphatic heterocycles. The molecule has 1 aromatic rings. The third-order valence-electron chi connectivity index (χ3n) is 6.35. The van der Waals surface area contributed by atoms with E-state index in [4.69, 9.17) is 19.2 Å². The molecule has 0 aromatic heterocycles. The quantitative estimate of drug-likeness (QED) is 0.240. The van der Waals surface area contributed by atoms with Gasteiger partial charge in [-0.15, -0.1) is 24.0 Å². The van der Waals surface area contributed by atoms with E-state index in [1.54, 1.807) is 7.11 Å². The lowest BCUT2D eigenvalue weighted by atomic mass is 9.97. The molecule has 0 radical (unpaired) electrons. The molecule has 0 spiro atoms. The predicted octanol–water partition coefficient (Wildman–Crippen LogP) is 3.44. The topological polar surface area (TPSA) is 67.4 Å². The second-order valence-corrected chi connectivity index (χ2v) is 9.01. The number of hydrogen-bond acceptors (Lipinski definition) is 5. The van der Waals surface area contributed by atoms with Crippen LogP contribution in [0.3, 0.4) is 0 Å². The summed E-state index contributed by atoms with van der Waals surface area (Å²) in [6, 6.07) is 6.39. The van der Waals surface area contributed by atoms with Crippen LogP contribution in [0, 0.1) is 18.8 Å². The van der Waals surface area contributed by atoms with Gasteiger partial charge in [-0.3, -0.25) is 0 Å². The maximum absolute atomic E-state index is 6.18. The number of guanidine groups is 1. The summed E-state index contributed by atoms with van der Waals surface area (Å²) in [6.07, 6.45) is 3.52. The van der Waals surface area contributed by atoms with Gasteiger partial charge in [0.05, 0.1) is 26.4 Å². The van der Waals surface area contributed by atoms with Crippen LogP contribution in [0.25, 0.3) is 0 Å². The van der Waals surface area contributed by atoms with Crippen molar-refractivity contribution in [3.63, 3.8) is 0 Å². The Bertz CT molecular complexity index is 705. The summed E-state index contributed by atoms with van der Waals surface area (Å²) >= 11 is 0. The Kier molecular flexibility index (Phi) is 13.4. The van der Waals surface area contributed by atoms with Gasteiger partial charge < -0.3 is 29.7 Å². The Morgan fingerprint density at radius 3 is 2.70 bits per heavy atom. The van der Waals surface area contributed by atoms with Gasteiger partial charge in [0, 0.05) is 44.8 Å². The predicted molar refractivity (Wildman–Crippen MR) is 145 cm³/mol. The minimum absolute atomic E-state index is 0. The second kappa shape index (κ2) is 15.7. The minimum atomic E-state index is 0. The fourth-order valence-corrected chi connectivity index (χ4v) is 4.23. The first-order valence-corrected chi connectivity index (χ1v) is 12.2. The number of ether oxygens (including phenoxy) is 3. The van der Waals surface area contributed by atoms with Crippen molar-refractivity contribution in [2.75, 3.05) is 66.3 Å². The fraction of sp³-hybridized carbons (Fsp3) is 0.720. The van der Waals surface area contributed by atoms with Crippen molar-refractivity contribution in [2.45, 2.75) is 39.7 Å². The molecule has 2 fully saturated rings. The Balaban J connectivity index is 0.00000385. The average Bonchev–Trinajstić information content (AvgIpc) is 3.33. The average molecular weight is 575 g/mol. The van der Waals surface area contributed by atoms with Crippen LogP contribution in [-0.2, 0) is 16.0 Å². The van der Waals surface area contributed by atoms with Gasteiger partial charge in [0.15, 0.2) is 5.96 Å². The summed E-state index contributed by atoms with van der Waals surface area (Å²) in [4.78, 5) is 7.35. The highest BCUT2D eigenvalue weighted by molar-refractivity contribution is 14.0. The zero-order valence-corrected chi connectivity index (χ0v) is 22.9. The molecule has 0 aliphatic carbocycles. The third-order valence-corrected chi connectivity index (χ3v) is 6.35. The van der Waals surface area contributed by atoms with Gasteiger partial charge in [-0.05, 0) is 63.7 Å². The third kappa shape index (κ3) is 9.96. The summed E-state index contributed by atoms with van der Waals surface area (Å²) in [7, 11) is 1.77. The molecule has 2 N–H and O–H groups in total. The number of benzene rings is 1. The number of methoxy groups -OCH3 is 1. The number of hydrogen-bond donors (Lipinski definition) is 2. The van der Waals surface area contributed by atoms with E-state index in [0.717, 1.165) is 76.2 Å². The largest absolute Gasteiger partial charge is 0.493 e. The van der Waals surface area contributed by atoms with Gasteiger partial charge in [0.25, 0.3) is 0 Å². The number of nitrogens with zero attached hydrogens (tertiary/aromatic N) is 2.